The molecular weight excluding hydrogens is 424 g/mol. The quantitative estimate of drug-likeness (QED) is 0.266. The van der Waals surface area contributed by atoms with Gasteiger partial charge in [-0.3, -0.25) is 0 Å². The van der Waals surface area contributed by atoms with Gasteiger partial charge in [-0.15, -0.1) is 0 Å². The van der Waals surface area contributed by atoms with Gasteiger partial charge in [-0.1, -0.05) is 74.0 Å². The molecule has 0 fully saturated rings. The highest BCUT2D eigenvalue weighted by atomic mass is 15.0. The van der Waals surface area contributed by atoms with Gasteiger partial charge in [-0.2, -0.15) is 0 Å². The lowest BCUT2D eigenvalue weighted by Crippen LogP contribution is -1.93. The predicted octanol–water partition coefficient (Wildman–Crippen LogP) is 9.15. The van der Waals surface area contributed by atoms with Crippen LogP contribution in [0.3, 0.4) is 0 Å². The van der Waals surface area contributed by atoms with Gasteiger partial charge in [0.15, 0.2) is 0 Å². The summed E-state index contributed by atoms with van der Waals surface area (Å²) in [5.41, 5.74) is 9.72. The number of fused-ring (bicyclic) bond motifs is 3. The zero-order chi connectivity index (χ0) is 23.6. The lowest BCUT2D eigenvalue weighted by atomic mass is 10.0. The number of aryl methyl sites for hydroxylation is 1. The van der Waals surface area contributed by atoms with Gasteiger partial charge >= 0.3 is 0 Å². The number of hydrogen-bond acceptors (Lipinski definition) is 1. The fourth-order valence-corrected chi connectivity index (χ4v) is 4.98. The summed E-state index contributed by atoms with van der Waals surface area (Å²) in [5, 5.41) is 6.09. The largest absolute Gasteiger partial charge is 0.356 e. The third kappa shape index (κ3) is 4.08. The first-order valence-electron chi connectivity index (χ1n) is 12.4. The topological polar surface area (TPSA) is 17.0 Å². The second kappa shape index (κ2) is 9.15. The molecule has 1 aromatic heterocycles. The van der Waals surface area contributed by atoms with E-state index in [2.05, 4.69) is 120 Å². The second-order valence-corrected chi connectivity index (χ2v) is 9.07. The Kier molecular flexibility index (Phi) is 5.56. The summed E-state index contributed by atoms with van der Waals surface area (Å²) in [7, 11) is 0. The Hall–Kier alpha value is -4.30. The lowest BCUT2D eigenvalue weighted by Gasteiger charge is -2.09. The molecule has 2 heteroatoms. The van der Waals surface area contributed by atoms with E-state index in [1.807, 2.05) is 18.2 Å². The number of nitrogens with zero attached hydrogens (tertiary/aromatic N) is 1. The molecule has 0 spiro atoms. The van der Waals surface area contributed by atoms with Crippen LogP contribution in [0.5, 0.6) is 0 Å². The summed E-state index contributed by atoms with van der Waals surface area (Å²) in [6, 6.07) is 43.5. The van der Waals surface area contributed by atoms with Crippen molar-refractivity contribution in [2.24, 2.45) is 0 Å². The summed E-state index contributed by atoms with van der Waals surface area (Å²) in [4.78, 5) is 0. The smallest absolute Gasteiger partial charge is 0.0541 e. The molecule has 0 amide bonds. The predicted molar refractivity (Wildman–Crippen MR) is 150 cm³/mol. The summed E-state index contributed by atoms with van der Waals surface area (Å²) in [5.74, 6) is 0. The summed E-state index contributed by atoms with van der Waals surface area (Å²) in [6.45, 7) is 2.24. The summed E-state index contributed by atoms with van der Waals surface area (Å²) < 4.78 is 2.39. The van der Waals surface area contributed by atoms with Gasteiger partial charge in [0.05, 0.1) is 11.0 Å². The maximum absolute atomic E-state index is 3.47. The maximum atomic E-state index is 3.47. The molecule has 0 saturated heterocycles. The van der Waals surface area contributed by atoms with Crippen LogP contribution in [0.2, 0.25) is 0 Å². The average molecular weight is 453 g/mol. The number of benzene rings is 5. The molecule has 5 aromatic carbocycles. The Balaban J connectivity index is 1.45. The number of anilines is 2. The van der Waals surface area contributed by atoms with Gasteiger partial charge in [-0.25, -0.2) is 0 Å². The van der Waals surface area contributed by atoms with Crippen LogP contribution in [-0.2, 0) is 6.42 Å². The fourth-order valence-electron chi connectivity index (χ4n) is 4.98. The van der Waals surface area contributed by atoms with Crippen LogP contribution >= 0.6 is 0 Å². The molecular formula is C33H28N2. The Morgan fingerprint density at radius 1 is 0.571 bits per heavy atom. The van der Waals surface area contributed by atoms with E-state index in [4.69, 9.17) is 0 Å². The molecule has 0 saturated carbocycles. The summed E-state index contributed by atoms with van der Waals surface area (Å²) in [6.07, 6.45) is 2.25. The van der Waals surface area contributed by atoms with Gasteiger partial charge in [0.2, 0.25) is 0 Å². The number of para-hydroxylation sites is 2. The standard InChI is InChI=1S/C33H28N2/c1-2-9-24-14-20-32-30(22-24)31-23-26(17-21-33(31)35(32)29-12-7-4-8-13-29)25-15-18-28(19-16-25)34-27-10-5-3-6-11-27/h3-8,10-23,34H,2,9H2,1H3. The van der Waals surface area contributed by atoms with E-state index in [1.165, 1.54) is 44.2 Å². The van der Waals surface area contributed by atoms with Crippen LogP contribution in [0.25, 0.3) is 38.6 Å². The molecule has 1 N–H and O–H groups in total. The van der Waals surface area contributed by atoms with E-state index < -0.39 is 0 Å². The number of hydrogen-bond donors (Lipinski definition) is 1. The maximum Gasteiger partial charge on any atom is 0.0541 e. The van der Waals surface area contributed by atoms with E-state index in [0.29, 0.717) is 0 Å². The van der Waals surface area contributed by atoms with Gasteiger partial charge in [-0.05, 0) is 83.8 Å². The molecule has 0 unspecified atom stereocenters. The minimum atomic E-state index is 1.09. The van der Waals surface area contributed by atoms with E-state index in [1.54, 1.807) is 0 Å². The first-order valence-corrected chi connectivity index (χ1v) is 12.4. The van der Waals surface area contributed by atoms with E-state index in [0.717, 1.165) is 24.2 Å². The normalized spacial score (nSPS) is 11.2. The molecule has 0 aliphatic rings. The van der Waals surface area contributed by atoms with Crippen LogP contribution in [0.1, 0.15) is 18.9 Å². The highest BCUT2D eigenvalue weighted by Crippen LogP contribution is 2.36. The van der Waals surface area contributed by atoms with Gasteiger partial charge in [0.1, 0.15) is 0 Å². The van der Waals surface area contributed by atoms with E-state index >= 15 is 0 Å². The second-order valence-electron chi connectivity index (χ2n) is 9.07. The zero-order valence-corrected chi connectivity index (χ0v) is 19.9. The minimum Gasteiger partial charge on any atom is -0.356 e. The monoisotopic (exact) mass is 452 g/mol. The number of rotatable bonds is 6. The third-order valence-electron chi connectivity index (χ3n) is 6.66. The molecule has 2 nitrogen and oxygen atoms in total. The first-order chi connectivity index (χ1) is 17.3. The Bertz CT molecular complexity index is 1590. The van der Waals surface area contributed by atoms with Gasteiger partial charge < -0.3 is 9.88 Å². The fraction of sp³-hybridized carbons (Fsp3) is 0.0909. The van der Waals surface area contributed by atoms with Crippen molar-refractivity contribution in [3.63, 3.8) is 0 Å². The van der Waals surface area contributed by atoms with Crippen molar-refractivity contribution in [2.45, 2.75) is 19.8 Å². The van der Waals surface area contributed by atoms with Crippen molar-refractivity contribution < 1.29 is 0 Å². The number of aromatic nitrogens is 1. The minimum absolute atomic E-state index is 1.09. The van der Waals surface area contributed by atoms with Crippen LogP contribution in [0, 0.1) is 0 Å². The third-order valence-corrected chi connectivity index (χ3v) is 6.66. The molecule has 1 heterocycles. The Labute approximate surface area is 206 Å². The van der Waals surface area contributed by atoms with Crippen LogP contribution in [0.4, 0.5) is 11.4 Å². The molecule has 170 valence electrons. The van der Waals surface area contributed by atoms with Crippen molar-refractivity contribution >= 4 is 33.2 Å². The summed E-state index contributed by atoms with van der Waals surface area (Å²) >= 11 is 0. The lowest BCUT2D eigenvalue weighted by molar-refractivity contribution is 0.923. The molecule has 0 bridgehead atoms. The highest BCUT2D eigenvalue weighted by Gasteiger charge is 2.14. The SMILES string of the molecule is CCCc1ccc2c(c1)c1cc(-c3ccc(Nc4ccccc4)cc3)ccc1n2-c1ccccc1. The van der Waals surface area contributed by atoms with Crippen molar-refractivity contribution in [2.75, 3.05) is 5.32 Å². The molecule has 6 rings (SSSR count). The van der Waals surface area contributed by atoms with E-state index in [-0.39, 0.29) is 0 Å². The van der Waals surface area contributed by atoms with Gasteiger partial charge in [0.25, 0.3) is 0 Å². The molecule has 6 aromatic rings. The van der Waals surface area contributed by atoms with Crippen molar-refractivity contribution in [3.8, 4) is 16.8 Å². The van der Waals surface area contributed by atoms with E-state index in [9.17, 15) is 0 Å². The van der Waals surface area contributed by atoms with Crippen molar-refractivity contribution in [1.82, 2.24) is 4.57 Å². The van der Waals surface area contributed by atoms with Crippen LogP contribution < -0.4 is 5.32 Å². The molecule has 0 aliphatic heterocycles. The van der Waals surface area contributed by atoms with Gasteiger partial charge in [0, 0.05) is 27.8 Å². The molecule has 0 atom stereocenters. The Morgan fingerprint density at radius 2 is 1.17 bits per heavy atom. The van der Waals surface area contributed by atoms with Crippen LogP contribution in [0.15, 0.2) is 121 Å². The molecule has 0 radical (unpaired) electrons. The Morgan fingerprint density at radius 3 is 1.89 bits per heavy atom. The number of nitrogens with one attached hydrogen (secondary N) is 1. The zero-order valence-electron chi connectivity index (χ0n) is 19.9. The highest BCUT2D eigenvalue weighted by molar-refractivity contribution is 6.10. The van der Waals surface area contributed by atoms with Crippen LogP contribution in [-0.4, -0.2) is 4.57 Å². The van der Waals surface area contributed by atoms with Crippen molar-refractivity contribution in [3.05, 3.63) is 127 Å². The molecule has 35 heavy (non-hydrogen) atoms. The first kappa shape index (κ1) is 21.2. The molecule has 0 aliphatic carbocycles. The van der Waals surface area contributed by atoms with Crippen molar-refractivity contribution in [1.29, 1.82) is 0 Å². The average Bonchev–Trinajstić information content (AvgIpc) is 3.23.